The number of hydrogen-bond donors (Lipinski definition) is 2. The van der Waals surface area contributed by atoms with Gasteiger partial charge in [0.05, 0.1) is 23.1 Å². The molecule has 0 saturated heterocycles. The number of amides is 2. The number of aromatic nitrogens is 2. The van der Waals surface area contributed by atoms with Crippen LogP contribution in [-0.4, -0.2) is 33.2 Å². The lowest BCUT2D eigenvalue weighted by Gasteiger charge is -2.12. The highest BCUT2D eigenvalue weighted by atomic mass is 19.1. The van der Waals surface area contributed by atoms with E-state index in [0.717, 1.165) is 19.3 Å². The van der Waals surface area contributed by atoms with Gasteiger partial charge in [-0.1, -0.05) is 6.92 Å². The predicted molar refractivity (Wildman–Crippen MR) is 111 cm³/mol. The molecule has 3 rings (SSSR count). The molecule has 1 aliphatic rings. The van der Waals surface area contributed by atoms with Gasteiger partial charge in [-0.2, -0.15) is 4.39 Å². The van der Waals surface area contributed by atoms with Gasteiger partial charge < -0.3 is 15.2 Å². The molecule has 30 heavy (non-hydrogen) atoms. The first-order valence-electron chi connectivity index (χ1n) is 10.0. The number of rotatable bonds is 5. The van der Waals surface area contributed by atoms with Crippen LogP contribution in [0.5, 0.6) is 0 Å². The van der Waals surface area contributed by atoms with Crippen LogP contribution in [0.4, 0.5) is 10.1 Å². The van der Waals surface area contributed by atoms with E-state index in [9.17, 15) is 18.8 Å². The summed E-state index contributed by atoms with van der Waals surface area (Å²) in [4.78, 5) is 41.9. The standard InChI is InChI=1S/C22H27FN4O3/c1-11-6-7-15(8-11)25-22(30)19(28)18-13(3)17(14(4)27(18)5)21(29)26-16-9-12(2)20(23)24-10-16/h9-11,15H,6-8H2,1-5H3,(H,25,30)(H,26,29)/t11-,15-/m1/s1. The second-order valence-corrected chi connectivity index (χ2v) is 8.20. The van der Waals surface area contributed by atoms with E-state index >= 15 is 0 Å². The van der Waals surface area contributed by atoms with Gasteiger partial charge in [0.15, 0.2) is 0 Å². The fourth-order valence-corrected chi connectivity index (χ4v) is 4.15. The van der Waals surface area contributed by atoms with Crippen LogP contribution in [-0.2, 0) is 11.8 Å². The fraction of sp³-hybridized carbons (Fsp3) is 0.455. The monoisotopic (exact) mass is 414 g/mol. The van der Waals surface area contributed by atoms with Crippen LogP contribution in [0, 0.1) is 32.6 Å². The minimum atomic E-state index is -0.656. The summed E-state index contributed by atoms with van der Waals surface area (Å²) in [6.07, 6.45) is 3.99. The molecular weight excluding hydrogens is 387 g/mol. The molecule has 2 heterocycles. The van der Waals surface area contributed by atoms with Crippen molar-refractivity contribution in [3.05, 3.63) is 46.3 Å². The molecule has 1 aliphatic carbocycles. The van der Waals surface area contributed by atoms with Crippen molar-refractivity contribution in [2.45, 2.75) is 53.0 Å². The molecule has 0 spiro atoms. The van der Waals surface area contributed by atoms with Crippen molar-refractivity contribution >= 4 is 23.3 Å². The second-order valence-electron chi connectivity index (χ2n) is 8.20. The third kappa shape index (κ3) is 4.13. The molecule has 0 aromatic carbocycles. The number of pyridine rings is 1. The smallest absolute Gasteiger partial charge is 0.294 e. The SMILES string of the molecule is Cc1cc(NC(=O)c2c(C)c(C(=O)C(=O)N[C@@H]3CC[C@@H](C)C3)n(C)c2C)cnc1F. The summed E-state index contributed by atoms with van der Waals surface area (Å²) in [7, 11) is 1.65. The molecule has 7 nitrogen and oxygen atoms in total. The Labute approximate surface area is 175 Å². The lowest BCUT2D eigenvalue weighted by atomic mass is 10.1. The van der Waals surface area contributed by atoms with E-state index in [1.165, 1.54) is 12.3 Å². The number of nitrogens with zero attached hydrogens (tertiary/aromatic N) is 2. The summed E-state index contributed by atoms with van der Waals surface area (Å²) in [6.45, 7) is 7.04. The lowest BCUT2D eigenvalue weighted by molar-refractivity contribution is -0.117. The average molecular weight is 414 g/mol. The molecule has 160 valence electrons. The van der Waals surface area contributed by atoms with Crippen LogP contribution >= 0.6 is 0 Å². The highest BCUT2D eigenvalue weighted by molar-refractivity contribution is 6.43. The minimum Gasteiger partial charge on any atom is -0.346 e. The summed E-state index contributed by atoms with van der Waals surface area (Å²) >= 11 is 0. The van der Waals surface area contributed by atoms with Crippen molar-refractivity contribution in [1.29, 1.82) is 0 Å². The maximum absolute atomic E-state index is 13.4. The highest BCUT2D eigenvalue weighted by Gasteiger charge is 2.31. The summed E-state index contributed by atoms with van der Waals surface area (Å²) in [6, 6.07) is 1.49. The average Bonchev–Trinajstić information content (AvgIpc) is 3.18. The van der Waals surface area contributed by atoms with Gasteiger partial charge in [-0.25, -0.2) is 4.98 Å². The maximum atomic E-state index is 13.4. The van der Waals surface area contributed by atoms with E-state index in [1.54, 1.807) is 32.4 Å². The molecule has 2 atom stereocenters. The number of Topliss-reactive ketones (excluding diaryl/α,β-unsaturated/α-hetero) is 1. The number of carbonyl (C=O) groups is 3. The van der Waals surface area contributed by atoms with Gasteiger partial charge in [0, 0.05) is 24.3 Å². The Morgan fingerprint density at radius 1 is 1.20 bits per heavy atom. The number of ketones is 1. The number of hydrogen-bond acceptors (Lipinski definition) is 4. The minimum absolute atomic E-state index is 0.00936. The number of anilines is 1. The third-order valence-electron chi connectivity index (χ3n) is 5.88. The van der Waals surface area contributed by atoms with E-state index in [2.05, 4.69) is 22.5 Å². The van der Waals surface area contributed by atoms with Crippen LogP contribution < -0.4 is 10.6 Å². The van der Waals surface area contributed by atoms with Crippen LogP contribution in [0.3, 0.4) is 0 Å². The summed E-state index contributed by atoms with van der Waals surface area (Å²) in [5.41, 5.74) is 2.15. The fourth-order valence-electron chi connectivity index (χ4n) is 4.15. The zero-order valence-electron chi connectivity index (χ0n) is 17.9. The summed E-state index contributed by atoms with van der Waals surface area (Å²) in [5.74, 6) is -1.82. The van der Waals surface area contributed by atoms with Crippen molar-refractivity contribution in [1.82, 2.24) is 14.9 Å². The highest BCUT2D eigenvalue weighted by Crippen LogP contribution is 2.26. The third-order valence-corrected chi connectivity index (χ3v) is 5.88. The molecule has 0 radical (unpaired) electrons. The number of aryl methyl sites for hydroxylation is 1. The van der Waals surface area contributed by atoms with Gasteiger partial charge in [0.1, 0.15) is 0 Å². The molecule has 1 fully saturated rings. The predicted octanol–water partition coefficient (Wildman–Crippen LogP) is 3.22. The van der Waals surface area contributed by atoms with Crippen molar-refractivity contribution < 1.29 is 18.8 Å². The van der Waals surface area contributed by atoms with Crippen molar-refractivity contribution in [2.75, 3.05) is 5.32 Å². The Bertz CT molecular complexity index is 1030. The van der Waals surface area contributed by atoms with Crippen LogP contribution in [0.15, 0.2) is 12.3 Å². The zero-order chi connectivity index (χ0) is 22.2. The quantitative estimate of drug-likeness (QED) is 0.446. The van der Waals surface area contributed by atoms with Gasteiger partial charge >= 0.3 is 0 Å². The molecule has 2 aromatic heterocycles. The normalized spacial score (nSPS) is 18.3. The van der Waals surface area contributed by atoms with Crippen LogP contribution in [0.25, 0.3) is 0 Å². The second kappa shape index (κ2) is 8.38. The Balaban J connectivity index is 1.83. The summed E-state index contributed by atoms with van der Waals surface area (Å²) in [5, 5.41) is 5.51. The van der Waals surface area contributed by atoms with Crippen molar-refractivity contribution in [3.63, 3.8) is 0 Å². The Morgan fingerprint density at radius 3 is 2.50 bits per heavy atom. The van der Waals surface area contributed by atoms with Gasteiger partial charge in [-0.3, -0.25) is 14.4 Å². The number of carbonyl (C=O) groups excluding carboxylic acids is 3. The first-order chi connectivity index (χ1) is 14.1. The first-order valence-corrected chi connectivity index (χ1v) is 10.0. The number of halogens is 1. The van der Waals surface area contributed by atoms with Gasteiger partial charge in [0.2, 0.25) is 5.95 Å². The van der Waals surface area contributed by atoms with Crippen LogP contribution in [0.1, 0.15) is 63.9 Å². The zero-order valence-corrected chi connectivity index (χ0v) is 17.9. The van der Waals surface area contributed by atoms with E-state index in [4.69, 9.17) is 0 Å². The Morgan fingerprint density at radius 2 is 1.90 bits per heavy atom. The molecule has 8 heteroatoms. The topological polar surface area (TPSA) is 93.1 Å². The Kier molecular flexibility index (Phi) is 6.05. The van der Waals surface area contributed by atoms with Gasteiger partial charge in [-0.05, 0) is 57.6 Å². The molecule has 0 bridgehead atoms. The maximum Gasteiger partial charge on any atom is 0.294 e. The molecule has 0 aliphatic heterocycles. The van der Waals surface area contributed by atoms with E-state index < -0.39 is 23.5 Å². The summed E-state index contributed by atoms with van der Waals surface area (Å²) < 4.78 is 14.9. The van der Waals surface area contributed by atoms with E-state index in [-0.39, 0.29) is 11.7 Å². The number of nitrogens with one attached hydrogen (secondary N) is 2. The van der Waals surface area contributed by atoms with Gasteiger partial charge in [0.25, 0.3) is 17.6 Å². The van der Waals surface area contributed by atoms with E-state index in [1.807, 2.05) is 0 Å². The molecule has 2 aromatic rings. The van der Waals surface area contributed by atoms with Crippen molar-refractivity contribution in [2.24, 2.45) is 13.0 Å². The van der Waals surface area contributed by atoms with E-state index in [0.29, 0.717) is 34.0 Å². The molecule has 2 amide bonds. The molecular formula is C22H27FN4O3. The lowest BCUT2D eigenvalue weighted by Crippen LogP contribution is -2.38. The molecule has 1 saturated carbocycles. The first kappa shape index (κ1) is 21.7. The molecule has 2 N–H and O–H groups in total. The largest absolute Gasteiger partial charge is 0.346 e. The van der Waals surface area contributed by atoms with Crippen LogP contribution in [0.2, 0.25) is 0 Å². The Hall–Kier alpha value is -3.03. The molecule has 0 unspecified atom stereocenters. The van der Waals surface area contributed by atoms with Crippen molar-refractivity contribution in [3.8, 4) is 0 Å². The van der Waals surface area contributed by atoms with Gasteiger partial charge in [-0.15, -0.1) is 0 Å².